The van der Waals surface area contributed by atoms with Gasteiger partial charge in [-0.05, 0) is 24.6 Å². The zero-order valence-electron chi connectivity index (χ0n) is 11.1. The first-order chi connectivity index (χ1) is 8.79. The van der Waals surface area contributed by atoms with E-state index >= 15 is 0 Å². The maximum atomic E-state index is 5.36. The second-order valence-electron chi connectivity index (χ2n) is 4.52. The summed E-state index contributed by atoms with van der Waals surface area (Å²) in [7, 11) is 1.69. The van der Waals surface area contributed by atoms with Crippen LogP contribution in [0.1, 0.15) is 12.5 Å². The molecule has 0 aliphatic carbocycles. The Morgan fingerprint density at radius 1 is 1.22 bits per heavy atom. The highest BCUT2D eigenvalue weighted by atomic mass is 16.5. The van der Waals surface area contributed by atoms with Gasteiger partial charge in [0.2, 0.25) is 0 Å². The fraction of sp³-hybridized carbons (Fsp3) is 0.467. The number of nitrogens with zero attached hydrogens (tertiary/aromatic N) is 1. The van der Waals surface area contributed by atoms with Gasteiger partial charge in [0.15, 0.2) is 0 Å². The Bertz CT molecular complexity index is 380. The molecule has 3 heteroatoms. The summed E-state index contributed by atoms with van der Waals surface area (Å²) in [5.74, 6) is 0.897. The minimum atomic E-state index is 0.455. The van der Waals surface area contributed by atoms with Crippen molar-refractivity contribution in [2.24, 2.45) is 0 Å². The van der Waals surface area contributed by atoms with Crippen LogP contribution in [0, 0.1) is 0 Å². The number of methoxy groups -OCH3 is 1. The van der Waals surface area contributed by atoms with Crippen LogP contribution in [0.5, 0.6) is 5.75 Å². The summed E-state index contributed by atoms with van der Waals surface area (Å²) in [6.45, 7) is 5.97. The number of morpholine rings is 1. The fourth-order valence-corrected chi connectivity index (χ4v) is 2.07. The third-order valence-corrected chi connectivity index (χ3v) is 3.30. The van der Waals surface area contributed by atoms with Crippen LogP contribution in [0.4, 0.5) is 0 Å². The summed E-state index contributed by atoms with van der Waals surface area (Å²) < 4.78 is 10.5. The summed E-state index contributed by atoms with van der Waals surface area (Å²) in [6.07, 6.45) is 4.41. The topological polar surface area (TPSA) is 21.7 Å². The van der Waals surface area contributed by atoms with Crippen molar-refractivity contribution < 1.29 is 9.47 Å². The molecule has 0 unspecified atom stereocenters. The Morgan fingerprint density at radius 2 is 1.89 bits per heavy atom. The first-order valence-electron chi connectivity index (χ1n) is 6.43. The minimum Gasteiger partial charge on any atom is -0.497 e. The number of hydrogen-bond donors (Lipinski definition) is 0. The smallest absolute Gasteiger partial charge is 0.118 e. The van der Waals surface area contributed by atoms with E-state index in [2.05, 4.69) is 36.1 Å². The molecule has 1 aromatic carbocycles. The summed E-state index contributed by atoms with van der Waals surface area (Å²) in [5, 5.41) is 0. The first-order valence-corrected chi connectivity index (χ1v) is 6.43. The number of benzene rings is 1. The van der Waals surface area contributed by atoms with Crippen LogP contribution in [0.2, 0.25) is 0 Å². The SMILES string of the molecule is COc1ccc(/C=C/[C@H](C)N2CCOCC2)cc1. The molecule has 2 rings (SSSR count). The molecule has 0 radical (unpaired) electrons. The van der Waals surface area contributed by atoms with E-state index in [-0.39, 0.29) is 0 Å². The van der Waals surface area contributed by atoms with E-state index < -0.39 is 0 Å². The Balaban J connectivity index is 1.92. The molecule has 1 heterocycles. The molecule has 1 saturated heterocycles. The molecule has 1 fully saturated rings. The van der Waals surface area contributed by atoms with E-state index in [1.807, 2.05) is 12.1 Å². The standard InChI is InChI=1S/C15H21NO2/c1-13(16-9-11-18-12-10-16)3-4-14-5-7-15(17-2)8-6-14/h3-8,13H,9-12H2,1-2H3/b4-3+/t13-/m0/s1. The predicted molar refractivity (Wildman–Crippen MR) is 73.9 cm³/mol. The van der Waals surface area contributed by atoms with Crippen LogP contribution in [-0.4, -0.2) is 44.4 Å². The van der Waals surface area contributed by atoms with Crippen LogP contribution < -0.4 is 4.74 Å². The summed E-state index contributed by atoms with van der Waals surface area (Å²) >= 11 is 0. The van der Waals surface area contributed by atoms with E-state index in [9.17, 15) is 0 Å². The van der Waals surface area contributed by atoms with E-state index in [1.165, 1.54) is 5.56 Å². The average Bonchev–Trinajstić information content (AvgIpc) is 2.46. The van der Waals surface area contributed by atoms with Gasteiger partial charge in [-0.3, -0.25) is 4.90 Å². The molecule has 18 heavy (non-hydrogen) atoms. The zero-order valence-corrected chi connectivity index (χ0v) is 11.1. The van der Waals surface area contributed by atoms with E-state index in [0.717, 1.165) is 32.1 Å². The van der Waals surface area contributed by atoms with E-state index in [0.29, 0.717) is 6.04 Å². The quantitative estimate of drug-likeness (QED) is 0.815. The highest BCUT2D eigenvalue weighted by molar-refractivity contribution is 5.51. The van der Waals surface area contributed by atoms with E-state index in [1.54, 1.807) is 7.11 Å². The van der Waals surface area contributed by atoms with Crippen molar-refractivity contribution in [3.8, 4) is 5.75 Å². The molecule has 1 aliphatic heterocycles. The summed E-state index contributed by atoms with van der Waals surface area (Å²) in [4.78, 5) is 2.43. The Kier molecular flexibility index (Phi) is 4.79. The molecule has 1 aliphatic rings. The van der Waals surface area contributed by atoms with Gasteiger partial charge < -0.3 is 9.47 Å². The normalized spacial score (nSPS) is 19.0. The van der Waals surface area contributed by atoms with Gasteiger partial charge in [-0.25, -0.2) is 0 Å². The lowest BCUT2D eigenvalue weighted by Gasteiger charge is -2.30. The van der Waals surface area contributed by atoms with E-state index in [4.69, 9.17) is 9.47 Å². The third kappa shape index (κ3) is 3.59. The second-order valence-corrected chi connectivity index (χ2v) is 4.52. The molecule has 0 amide bonds. The fourth-order valence-electron chi connectivity index (χ4n) is 2.07. The van der Waals surface area contributed by atoms with Gasteiger partial charge in [0.1, 0.15) is 5.75 Å². The Hall–Kier alpha value is -1.32. The molecule has 0 aromatic heterocycles. The molecule has 0 bridgehead atoms. The lowest BCUT2D eigenvalue weighted by atomic mass is 10.1. The van der Waals surface area contributed by atoms with Crippen molar-refractivity contribution in [2.75, 3.05) is 33.4 Å². The van der Waals surface area contributed by atoms with Crippen molar-refractivity contribution in [1.82, 2.24) is 4.90 Å². The largest absolute Gasteiger partial charge is 0.497 e. The molecular weight excluding hydrogens is 226 g/mol. The molecular formula is C15H21NO2. The van der Waals surface area contributed by atoms with Gasteiger partial charge in [0.05, 0.1) is 20.3 Å². The molecule has 0 N–H and O–H groups in total. The first kappa shape index (κ1) is 13.1. The Morgan fingerprint density at radius 3 is 2.50 bits per heavy atom. The molecule has 0 saturated carbocycles. The third-order valence-electron chi connectivity index (χ3n) is 3.30. The summed E-state index contributed by atoms with van der Waals surface area (Å²) in [6, 6.07) is 8.57. The van der Waals surface area contributed by atoms with Crippen LogP contribution in [0.25, 0.3) is 6.08 Å². The van der Waals surface area contributed by atoms with Crippen LogP contribution in [0.3, 0.4) is 0 Å². The lowest BCUT2D eigenvalue weighted by Crippen LogP contribution is -2.41. The average molecular weight is 247 g/mol. The lowest BCUT2D eigenvalue weighted by molar-refractivity contribution is 0.0288. The summed E-state index contributed by atoms with van der Waals surface area (Å²) in [5.41, 5.74) is 1.20. The van der Waals surface area contributed by atoms with Crippen molar-refractivity contribution >= 4 is 6.08 Å². The predicted octanol–water partition coefficient (Wildman–Crippen LogP) is 2.43. The minimum absolute atomic E-state index is 0.455. The maximum Gasteiger partial charge on any atom is 0.118 e. The number of rotatable bonds is 4. The molecule has 3 nitrogen and oxygen atoms in total. The highest BCUT2D eigenvalue weighted by Gasteiger charge is 2.14. The number of hydrogen-bond acceptors (Lipinski definition) is 3. The molecule has 1 atom stereocenters. The number of ether oxygens (including phenoxy) is 2. The zero-order chi connectivity index (χ0) is 12.8. The molecule has 0 spiro atoms. The highest BCUT2D eigenvalue weighted by Crippen LogP contribution is 2.13. The molecule has 1 aromatic rings. The van der Waals surface area contributed by atoms with Gasteiger partial charge in [-0.1, -0.05) is 24.3 Å². The van der Waals surface area contributed by atoms with Gasteiger partial charge in [-0.2, -0.15) is 0 Å². The van der Waals surface area contributed by atoms with Crippen LogP contribution in [-0.2, 0) is 4.74 Å². The van der Waals surface area contributed by atoms with Crippen LogP contribution in [0.15, 0.2) is 30.3 Å². The maximum absolute atomic E-state index is 5.36. The van der Waals surface area contributed by atoms with Crippen molar-refractivity contribution in [1.29, 1.82) is 0 Å². The molecule has 98 valence electrons. The van der Waals surface area contributed by atoms with Crippen molar-refractivity contribution in [3.05, 3.63) is 35.9 Å². The van der Waals surface area contributed by atoms with Gasteiger partial charge in [-0.15, -0.1) is 0 Å². The van der Waals surface area contributed by atoms with Gasteiger partial charge in [0.25, 0.3) is 0 Å². The van der Waals surface area contributed by atoms with Crippen molar-refractivity contribution in [2.45, 2.75) is 13.0 Å². The van der Waals surface area contributed by atoms with Gasteiger partial charge in [0, 0.05) is 19.1 Å². The van der Waals surface area contributed by atoms with Gasteiger partial charge >= 0.3 is 0 Å². The monoisotopic (exact) mass is 247 g/mol. The second kappa shape index (κ2) is 6.57. The Labute approximate surface area is 109 Å². The van der Waals surface area contributed by atoms with Crippen LogP contribution >= 0.6 is 0 Å². The van der Waals surface area contributed by atoms with Crippen molar-refractivity contribution in [3.63, 3.8) is 0 Å².